The Morgan fingerprint density at radius 1 is 0.800 bits per heavy atom. The number of rotatable bonds is 6. The van der Waals surface area contributed by atoms with Crippen LogP contribution in [0.25, 0.3) is 0 Å². The molecule has 0 saturated heterocycles. The van der Waals surface area contributed by atoms with E-state index in [2.05, 4.69) is 48.7 Å². The molecule has 3 aromatic rings. The number of carbonyl (C=O) groups excluding carboxylic acids is 1. The molecule has 2 saturated carbocycles. The second-order valence-electron chi connectivity index (χ2n) is 11.0. The van der Waals surface area contributed by atoms with Gasteiger partial charge in [-0.25, -0.2) is 4.79 Å². The van der Waals surface area contributed by atoms with Crippen LogP contribution in [-0.4, -0.2) is 13.1 Å². The molecule has 0 amide bonds. The van der Waals surface area contributed by atoms with Gasteiger partial charge >= 0.3 is 5.97 Å². The summed E-state index contributed by atoms with van der Waals surface area (Å²) in [5, 5.41) is 6.84. The molecule has 2 N–H and O–H groups in total. The Labute approximate surface area is 209 Å². The fourth-order valence-electron chi connectivity index (χ4n) is 6.62. The highest BCUT2D eigenvalue weighted by Crippen LogP contribution is 2.51. The van der Waals surface area contributed by atoms with Gasteiger partial charge in [-0.3, -0.25) is 0 Å². The quantitative estimate of drug-likeness (QED) is 0.359. The number of fused-ring (bicyclic) bond motifs is 2. The fraction of sp³-hybridized carbons (Fsp3) is 0.387. The number of para-hydroxylation sites is 1. The highest BCUT2D eigenvalue weighted by molar-refractivity contribution is 5.96. The first-order valence-electron chi connectivity index (χ1n) is 12.8. The van der Waals surface area contributed by atoms with E-state index in [0.717, 1.165) is 40.5 Å². The van der Waals surface area contributed by atoms with Gasteiger partial charge in [0.1, 0.15) is 0 Å². The van der Waals surface area contributed by atoms with Crippen LogP contribution in [0.5, 0.6) is 0 Å². The third-order valence-electron chi connectivity index (χ3n) is 7.98. The monoisotopic (exact) mass is 468 g/mol. The lowest BCUT2D eigenvalue weighted by atomic mass is 9.57. The summed E-state index contributed by atoms with van der Waals surface area (Å²) in [6.45, 7) is 4.92. The van der Waals surface area contributed by atoms with Crippen molar-refractivity contribution in [2.45, 2.75) is 51.4 Å². The Hall–Kier alpha value is -3.27. The molecule has 0 heterocycles. The van der Waals surface area contributed by atoms with Gasteiger partial charge in [0.2, 0.25) is 0 Å². The first kappa shape index (κ1) is 23.5. The van der Waals surface area contributed by atoms with Crippen molar-refractivity contribution in [3.63, 3.8) is 0 Å². The number of hydrogen-bond donors (Lipinski definition) is 2. The maximum absolute atomic E-state index is 12.0. The lowest BCUT2D eigenvalue weighted by Gasteiger charge is -2.47. The van der Waals surface area contributed by atoms with Crippen LogP contribution in [-0.2, 0) is 10.2 Å². The van der Waals surface area contributed by atoms with Gasteiger partial charge in [-0.1, -0.05) is 38.1 Å². The van der Waals surface area contributed by atoms with Crippen LogP contribution in [0.3, 0.4) is 0 Å². The van der Waals surface area contributed by atoms with Gasteiger partial charge in [0, 0.05) is 17.1 Å². The molecule has 0 spiro atoms. The molecular formula is C31H36N2O2. The van der Waals surface area contributed by atoms with Gasteiger partial charge in [-0.2, -0.15) is 0 Å². The number of methoxy groups -OCH3 is 1. The Morgan fingerprint density at radius 2 is 1.34 bits per heavy atom. The lowest BCUT2D eigenvalue weighted by molar-refractivity contribution is 0.0602. The van der Waals surface area contributed by atoms with E-state index >= 15 is 0 Å². The molecule has 4 nitrogen and oxygen atoms in total. The molecule has 5 rings (SSSR count). The molecule has 182 valence electrons. The molecule has 2 bridgehead atoms. The molecule has 2 fully saturated rings. The van der Waals surface area contributed by atoms with E-state index in [1.54, 1.807) is 6.07 Å². The Balaban J connectivity index is 1.23. The van der Waals surface area contributed by atoms with Gasteiger partial charge in [-0.05, 0) is 109 Å². The van der Waals surface area contributed by atoms with Crippen LogP contribution in [0.4, 0.5) is 22.7 Å². The van der Waals surface area contributed by atoms with Crippen LogP contribution < -0.4 is 10.6 Å². The standard InChI is InChI=1S/C31H36N2O2/c1-21-16-22-18-23(17-21)20-31(2,19-22)24-8-10-25(11-9-24)32-26-12-14-27(15-13-26)33-29-7-5-4-6-28(29)30(34)35-3/h4-15,21-23,32-33H,16-20H2,1-3H3. The van der Waals surface area contributed by atoms with E-state index < -0.39 is 0 Å². The molecule has 2 aliphatic rings. The van der Waals surface area contributed by atoms with E-state index in [4.69, 9.17) is 4.74 Å². The van der Waals surface area contributed by atoms with Gasteiger partial charge in [0.15, 0.2) is 0 Å². The number of anilines is 4. The van der Waals surface area contributed by atoms with Crippen molar-refractivity contribution in [3.05, 3.63) is 83.9 Å². The second kappa shape index (κ2) is 9.77. The Morgan fingerprint density at radius 3 is 1.94 bits per heavy atom. The summed E-state index contributed by atoms with van der Waals surface area (Å²) in [5.74, 6) is 2.34. The molecule has 3 aromatic carbocycles. The summed E-state index contributed by atoms with van der Waals surface area (Å²) in [7, 11) is 1.40. The molecule has 4 heteroatoms. The Kier molecular flexibility index (Phi) is 6.55. The second-order valence-corrected chi connectivity index (χ2v) is 11.0. The zero-order chi connectivity index (χ0) is 24.4. The van der Waals surface area contributed by atoms with Crippen LogP contribution in [0, 0.1) is 17.8 Å². The van der Waals surface area contributed by atoms with Crippen molar-refractivity contribution in [2.75, 3.05) is 17.7 Å². The average molecular weight is 469 g/mol. The number of benzene rings is 3. The van der Waals surface area contributed by atoms with Gasteiger partial charge in [-0.15, -0.1) is 0 Å². The normalized spacial score (nSPS) is 25.5. The molecule has 0 radical (unpaired) electrons. The van der Waals surface area contributed by atoms with Crippen molar-refractivity contribution in [1.29, 1.82) is 0 Å². The van der Waals surface area contributed by atoms with Crippen LogP contribution in [0.2, 0.25) is 0 Å². The van der Waals surface area contributed by atoms with E-state index in [1.165, 1.54) is 44.8 Å². The van der Waals surface area contributed by atoms with Crippen molar-refractivity contribution < 1.29 is 9.53 Å². The first-order chi connectivity index (χ1) is 16.9. The summed E-state index contributed by atoms with van der Waals surface area (Å²) in [4.78, 5) is 12.0. The van der Waals surface area contributed by atoms with Gasteiger partial charge < -0.3 is 15.4 Å². The minimum absolute atomic E-state index is 0.306. The molecule has 35 heavy (non-hydrogen) atoms. The maximum atomic E-state index is 12.0. The summed E-state index contributed by atoms with van der Waals surface area (Å²) in [6, 6.07) is 24.5. The predicted octanol–water partition coefficient (Wildman–Crippen LogP) is 8.06. The largest absolute Gasteiger partial charge is 0.465 e. The molecule has 0 aliphatic heterocycles. The molecule has 2 aliphatic carbocycles. The summed E-state index contributed by atoms with van der Waals surface area (Å²) in [6.07, 6.45) is 6.91. The summed E-state index contributed by atoms with van der Waals surface area (Å²) < 4.78 is 4.89. The first-order valence-corrected chi connectivity index (χ1v) is 12.8. The molecular weight excluding hydrogens is 432 g/mol. The van der Waals surface area contributed by atoms with Crippen LogP contribution >= 0.6 is 0 Å². The number of nitrogens with one attached hydrogen (secondary N) is 2. The minimum Gasteiger partial charge on any atom is -0.465 e. The SMILES string of the molecule is COC(=O)c1ccccc1Nc1ccc(Nc2ccc(C3(C)CC4CC(C)CC(C4)C3)cc2)cc1. The number of hydrogen-bond acceptors (Lipinski definition) is 4. The van der Waals surface area contributed by atoms with E-state index in [9.17, 15) is 4.79 Å². The Bertz CT molecular complexity index is 1150. The minimum atomic E-state index is -0.352. The average Bonchev–Trinajstić information content (AvgIpc) is 2.84. The maximum Gasteiger partial charge on any atom is 0.339 e. The molecule has 0 aromatic heterocycles. The highest BCUT2D eigenvalue weighted by Gasteiger charge is 2.41. The number of esters is 1. The smallest absolute Gasteiger partial charge is 0.339 e. The van der Waals surface area contributed by atoms with Crippen LogP contribution in [0.1, 0.15) is 61.9 Å². The number of carbonyl (C=O) groups is 1. The molecule has 2 atom stereocenters. The topological polar surface area (TPSA) is 50.4 Å². The van der Waals surface area contributed by atoms with Gasteiger partial charge in [0.05, 0.1) is 18.4 Å². The predicted molar refractivity (Wildman–Crippen MR) is 144 cm³/mol. The van der Waals surface area contributed by atoms with Gasteiger partial charge in [0.25, 0.3) is 0 Å². The zero-order valence-electron chi connectivity index (χ0n) is 21.0. The third kappa shape index (κ3) is 5.22. The molecule has 2 unspecified atom stereocenters. The van der Waals surface area contributed by atoms with Crippen molar-refractivity contribution in [2.24, 2.45) is 17.8 Å². The van der Waals surface area contributed by atoms with Crippen molar-refractivity contribution in [3.8, 4) is 0 Å². The summed E-state index contributed by atoms with van der Waals surface area (Å²) in [5.41, 5.74) is 6.06. The van der Waals surface area contributed by atoms with E-state index in [1.807, 2.05) is 42.5 Å². The fourth-order valence-corrected chi connectivity index (χ4v) is 6.62. The van der Waals surface area contributed by atoms with E-state index in [-0.39, 0.29) is 5.97 Å². The highest BCUT2D eigenvalue weighted by atomic mass is 16.5. The van der Waals surface area contributed by atoms with E-state index in [0.29, 0.717) is 11.0 Å². The number of ether oxygens (including phenoxy) is 1. The zero-order valence-corrected chi connectivity index (χ0v) is 21.0. The lowest BCUT2D eigenvalue weighted by Crippen LogP contribution is -2.38. The third-order valence-corrected chi connectivity index (χ3v) is 7.98. The van der Waals surface area contributed by atoms with Crippen LogP contribution in [0.15, 0.2) is 72.8 Å². The van der Waals surface area contributed by atoms with Crippen molar-refractivity contribution in [1.82, 2.24) is 0 Å². The van der Waals surface area contributed by atoms with Crippen molar-refractivity contribution >= 4 is 28.7 Å². The summed E-state index contributed by atoms with van der Waals surface area (Å²) >= 11 is 0.